The fourth-order valence-electron chi connectivity index (χ4n) is 0.899. The number of rotatable bonds is 5. The molecule has 5 nitrogen and oxygen atoms in total. The summed E-state index contributed by atoms with van der Waals surface area (Å²) in [5, 5.41) is -0.107. The summed E-state index contributed by atoms with van der Waals surface area (Å²) in [6.45, 7) is -0.636. The molecule has 0 aliphatic rings. The molecule has 1 aromatic carbocycles. The highest BCUT2D eigenvalue weighted by Gasteiger charge is 2.22. The Morgan fingerprint density at radius 1 is 1.25 bits per heavy atom. The Balaban J connectivity index is 3.03. The molecular weight excluding hydrogens is 298 g/mol. The summed E-state index contributed by atoms with van der Waals surface area (Å²) in [4.78, 5) is -0.331. The van der Waals surface area contributed by atoms with Crippen molar-refractivity contribution in [1.82, 2.24) is 0 Å². The molecule has 1 unspecified atom stereocenters. The van der Waals surface area contributed by atoms with E-state index in [-0.39, 0.29) is 14.9 Å². The first kappa shape index (κ1) is 14.0. The van der Waals surface area contributed by atoms with Gasteiger partial charge >= 0.3 is 10.1 Å². The molecule has 9 heteroatoms. The van der Waals surface area contributed by atoms with Crippen LogP contribution in [-0.4, -0.2) is 15.2 Å². The lowest BCUT2D eigenvalue weighted by Crippen LogP contribution is -2.08. The molecule has 0 saturated heterocycles. The quantitative estimate of drug-likeness (QED) is 0.361. The minimum absolute atomic E-state index is 0.0537. The fourth-order valence-corrected chi connectivity index (χ4v) is 3.00. The standard InChI is InChI=1S/C7H7Cl2O5PS/c8-5-2-1-3-6(9)7(5)16(11,12)14-4-13-15-10/h1-3H,4,15H2. The van der Waals surface area contributed by atoms with Crippen LogP contribution in [0.4, 0.5) is 0 Å². The van der Waals surface area contributed by atoms with E-state index in [9.17, 15) is 13.0 Å². The van der Waals surface area contributed by atoms with E-state index in [4.69, 9.17) is 23.2 Å². The van der Waals surface area contributed by atoms with E-state index in [1.807, 2.05) is 0 Å². The Labute approximate surface area is 104 Å². The van der Waals surface area contributed by atoms with Gasteiger partial charge in [-0.25, -0.2) is 4.18 Å². The third kappa shape index (κ3) is 3.45. The highest BCUT2D eigenvalue weighted by Crippen LogP contribution is 2.30. The minimum atomic E-state index is -4.11. The van der Waals surface area contributed by atoms with Gasteiger partial charge in [0.15, 0.2) is 15.5 Å². The molecule has 0 N–H and O–H groups in total. The molecule has 1 aromatic rings. The van der Waals surface area contributed by atoms with Crippen LogP contribution in [0.2, 0.25) is 10.0 Å². The van der Waals surface area contributed by atoms with Crippen LogP contribution < -0.4 is 0 Å². The molecule has 0 fully saturated rings. The Bertz CT molecular complexity index is 469. The van der Waals surface area contributed by atoms with E-state index < -0.39 is 25.6 Å². The van der Waals surface area contributed by atoms with E-state index in [1.54, 1.807) is 0 Å². The Morgan fingerprint density at radius 3 is 2.31 bits per heavy atom. The topological polar surface area (TPSA) is 69.7 Å². The second kappa shape index (κ2) is 6.00. The van der Waals surface area contributed by atoms with Crippen molar-refractivity contribution in [2.75, 3.05) is 6.79 Å². The average molecular weight is 305 g/mol. The summed E-state index contributed by atoms with van der Waals surface area (Å²) in [7, 11) is -5.64. The van der Waals surface area contributed by atoms with Gasteiger partial charge in [-0.2, -0.15) is 8.42 Å². The largest absolute Gasteiger partial charge is 0.304 e. The van der Waals surface area contributed by atoms with Gasteiger partial charge in [-0.05, 0) is 12.1 Å². The van der Waals surface area contributed by atoms with Gasteiger partial charge in [0, 0.05) is 0 Å². The first-order chi connectivity index (χ1) is 7.49. The zero-order valence-electron chi connectivity index (χ0n) is 7.72. The monoisotopic (exact) mass is 304 g/mol. The van der Waals surface area contributed by atoms with E-state index >= 15 is 0 Å². The Hall–Kier alpha value is -0.100. The molecule has 16 heavy (non-hydrogen) atoms. The molecule has 90 valence electrons. The van der Waals surface area contributed by atoms with Crippen LogP contribution in [0.15, 0.2) is 23.1 Å². The number of halogens is 2. The highest BCUT2D eigenvalue weighted by atomic mass is 35.5. The van der Waals surface area contributed by atoms with Gasteiger partial charge in [0.05, 0.1) is 10.0 Å². The predicted molar refractivity (Wildman–Crippen MR) is 61.1 cm³/mol. The van der Waals surface area contributed by atoms with Crippen LogP contribution in [0.1, 0.15) is 0 Å². The summed E-state index contributed by atoms with van der Waals surface area (Å²) in [5.74, 6) is 0. The summed E-state index contributed by atoms with van der Waals surface area (Å²) < 4.78 is 41.9. The molecule has 1 rings (SSSR count). The molecular formula is C7H7Cl2O5PS. The predicted octanol–water partition coefficient (Wildman–Crippen LogP) is 2.34. The molecule has 0 heterocycles. The van der Waals surface area contributed by atoms with Crippen molar-refractivity contribution in [2.24, 2.45) is 0 Å². The summed E-state index contributed by atoms with van der Waals surface area (Å²) in [6, 6.07) is 4.23. The maximum absolute atomic E-state index is 11.6. The molecule has 0 amide bonds. The second-order valence-corrected chi connectivity index (χ2v) is 5.40. The summed E-state index contributed by atoms with van der Waals surface area (Å²) in [5.41, 5.74) is 0. The van der Waals surface area contributed by atoms with Crippen molar-refractivity contribution in [2.45, 2.75) is 4.90 Å². The average Bonchev–Trinajstić information content (AvgIpc) is 2.17. The maximum Gasteiger partial charge on any atom is 0.302 e. The van der Waals surface area contributed by atoms with Crippen LogP contribution in [0.5, 0.6) is 0 Å². The fraction of sp³-hybridized carbons (Fsp3) is 0.143. The SMILES string of the molecule is O=[PH2]OCOS(=O)(=O)c1c(Cl)cccc1Cl. The van der Waals surface area contributed by atoms with Gasteiger partial charge in [-0.3, -0.25) is 4.57 Å². The van der Waals surface area contributed by atoms with Crippen molar-refractivity contribution >= 4 is 42.0 Å². The lowest BCUT2D eigenvalue weighted by atomic mass is 10.4. The molecule has 0 aromatic heterocycles. The van der Waals surface area contributed by atoms with Crippen molar-refractivity contribution < 1.29 is 21.7 Å². The van der Waals surface area contributed by atoms with Gasteiger partial charge in [0.2, 0.25) is 0 Å². The van der Waals surface area contributed by atoms with Gasteiger partial charge in [-0.15, -0.1) is 0 Å². The van der Waals surface area contributed by atoms with Gasteiger partial charge in [0.25, 0.3) is 0 Å². The Morgan fingerprint density at radius 2 is 1.81 bits per heavy atom. The zero-order valence-corrected chi connectivity index (χ0v) is 11.2. The first-order valence-electron chi connectivity index (χ1n) is 3.87. The molecule has 0 aliphatic heterocycles. The van der Waals surface area contributed by atoms with Crippen LogP contribution in [0.3, 0.4) is 0 Å². The molecule has 1 atom stereocenters. The second-order valence-electron chi connectivity index (χ2n) is 2.50. The third-order valence-corrected chi connectivity index (χ3v) is 3.98. The van der Waals surface area contributed by atoms with Crippen LogP contribution in [-0.2, 0) is 23.4 Å². The molecule has 0 saturated carbocycles. The van der Waals surface area contributed by atoms with E-state index in [0.29, 0.717) is 0 Å². The summed E-state index contributed by atoms with van der Waals surface area (Å²) in [6.07, 6.45) is 0. The lowest BCUT2D eigenvalue weighted by Gasteiger charge is -2.07. The van der Waals surface area contributed by atoms with Gasteiger partial charge < -0.3 is 4.52 Å². The third-order valence-electron chi connectivity index (χ3n) is 1.51. The smallest absolute Gasteiger partial charge is 0.302 e. The van der Waals surface area contributed by atoms with E-state index in [0.717, 1.165) is 0 Å². The van der Waals surface area contributed by atoms with Crippen LogP contribution in [0.25, 0.3) is 0 Å². The normalized spacial score (nSPS) is 12.4. The lowest BCUT2D eigenvalue weighted by molar-refractivity contribution is 0.140. The van der Waals surface area contributed by atoms with Gasteiger partial charge in [0.1, 0.15) is 4.90 Å². The molecule has 0 bridgehead atoms. The van der Waals surface area contributed by atoms with Crippen molar-refractivity contribution in [1.29, 1.82) is 0 Å². The number of benzene rings is 1. The van der Waals surface area contributed by atoms with Crippen molar-refractivity contribution in [3.8, 4) is 0 Å². The van der Waals surface area contributed by atoms with Crippen LogP contribution in [0, 0.1) is 0 Å². The first-order valence-corrected chi connectivity index (χ1v) is 6.98. The maximum atomic E-state index is 11.6. The van der Waals surface area contributed by atoms with E-state index in [1.165, 1.54) is 18.2 Å². The summed E-state index contributed by atoms with van der Waals surface area (Å²) >= 11 is 11.4. The van der Waals surface area contributed by atoms with Gasteiger partial charge in [-0.1, -0.05) is 29.3 Å². The number of hydrogen-bond acceptors (Lipinski definition) is 5. The highest BCUT2D eigenvalue weighted by molar-refractivity contribution is 7.87. The van der Waals surface area contributed by atoms with Crippen molar-refractivity contribution in [3.63, 3.8) is 0 Å². The van der Waals surface area contributed by atoms with E-state index in [2.05, 4.69) is 8.71 Å². The molecule has 0 radical (unpaired) electrons. The van der Waals surface area contributed by atoms with Crippen LogP contribution >= 0.6 is 31.9 Å². The molecule has 0 aliphatic carbocycles. The number of hydrogen-bond donors (Lipinski definition) is 0. The minimum Gasteiger partial charge on any atom is -0.304 e. The zero-order chi connectivity index (χ0) is 12.2. The Kier molecular flexibility index (Phi) is 5.24. The molecule has 0 spiro atoms. The van der Waals surface area contributed by atoms with Crippen molar-refractivity contribution in [3.05, 3.63) is 28.2 Å².